The van der Waals surface area contributed by atoms with Gasteiger partial charge in [-0.2, -0.15) is 18.2 Å². The summed E-state index contributed by atoms with van der Waals surface area (Å²) in [5.41, 5.74) is 0.0553. The minimum Gasteiger partial charge on any atom is -0.366 e. The van der Waals surface area contributed by atoms with E-state index in [0.717, 1.165) is 38.5 Å². The first-order valence-electron chi connectivity index (χ1n) is 13.8. The Hall–Kier alpha value is -3.41. The highest BCUT2D eigenvalue weighted by molar-refractivity contribution is 5.94. The van der Waals surface area contributed by atoms with Gasteiger partial charge in [-0.3, -0.25) is 9.59 Å². The maximum atomic E-state index is 13.8. The van der Waals surface area contributed by atoms with Crippen molar-refractivity contribution >= 4 is 29.3 Å². The lowest BCUT2D eigenvalue weighted by Gasteiger charge is -2.35. The maximum Gasteiger partial charge on any atom is 0.421 e. The van der Waals surface area contributed by atoms with E-state index in [1.54, 1.807) is 29.2 Å². The Labute approximate surface area is 232 Å². The second-order valence-electron chi connectivity index (χ2n) is 11.1. The van der Waals surface area contributed by atoms with Crippen LogP contribution in [0.4, 0.5) is 30.6 Å². The Morgan fingerprint density at radius 2 is 1.75 bits per heavy atom. The number of hydrogen-bond donors (Lipinski definition) is 3. The Bertz CT molecular complexity index is 1180. The van der Waals surface area contributed by atoms with E-state index in [1.165, 1.54) is 0 Å². The van der Waals surface area contributed by atoms with Crippen LogP contribution in [0.25, 0.3) is 0 Å². The van der Waals surface area contributed by atoms with Crippen LogP contribution in [0.2, 0.25) is 0 Å². The van der Waals surface area contributed by atoms with Crippen LogP contribution in [0.5, 0.6) is 0 Å². The monoisotopic (exact) mass is 561 g/mol. The smallest absolute Gasteiger partial charge is 0.366 e. The molecule has 2 heterocycles. The molecule has 1 aliphatic carbocycles. The van der Waals surface area contributed by atoms with E-state index in [4.69, 9.17) is 0 Å². The molecule has 0 radical (unpaired) electrons. The minimum absolute atomic E-state index is 0.0285. The zero-order valence-corrected chi connectivity index (χ0v) is 23.4. The number of likely N-dealkylation sites (tertiary alicyclic amines) is 1. The first-order chi connectivity index (χ1) is 18.9. The largest absolute Gasteiger partial charge is 0.421 e. The summed E-state index contributed by atoms with van der Waals surface area (Å²) in [5, 5.41) is 8.68. The SMILES string of the molecule is CC(C)NC(=O)C1CCCC1Nc1nc(Nc2ccc(C(=O)N(C)C3CCN(C)CC3)cc2)ncc1C(F)(F)F. The number of benzene rings is 1. The fraction of sp³-hybridized carbons (Fsp3) is 0.571. The number of nitrogens with one attached hydrogen (secondary N) is 3. The summed E-state index contributed by atoms with van der Waals surface area (Å²) < 4.78 is 41.4. The van der Waals surface area contributed by atoms with E-state index < -0.39 is 23.7 Å². The van der Waals surface area contributed by atoms with Gasteiger partial charge in [0, 0.05) is 42.6 Å². The number of carbonyl (C=O) groups excluding carboxylic acids is 2. The quantitative estimate of drug-likeness (QED) is 0.436. The maximum absolute atomic E-state index is 13.8. The predicted octanol–water partition coefficient (Wildman–Crippen LogP) is 4.51. The van der Waals surface area contributed by atoms with Crippen molar-refractivity contribution in [1.29, 1.82) is 0 Å². The van der Waals surface area contributed by atoms with Crippen molar-refractivity contribution in [2.75, 3.05) is 37.8 Å². The van der Waals surface area contributed by atoms with E-state index in [2.05, 4.69) is 37.9 Å². The lowest BCUT2D eigenvalue weighted by Crippen LogP contribution is -2.44. The van der Waals surface area contributed by atoms with Crippen LogP contribution in [-0.2, 0) is 11.0 Å². The second kappa shape index (κ2) is 12.4. The molecule has 1 aromatic heterocycles. The molecule has 1 aromatic carbocycles. The average Bonchev–Trinajstić information content (AvgIpc) is 3.36. The Morgan fingerprint density at radius 3 is 2.38 bits per heavy atom. The van der Waals surface area contributed by atoms with E-state index in [9.17, 15) is 22.8 Å². The fourth-order valence-corrected chi connectivity index (χ4v) is 5.35. The predicted molar refractivity (Wildman–Crippen MR) is 147 cm³/mol. The van der Waals surface area contributed by atoms with Crippen molar-refractivity contribution in [3.05, 3.63) is 41.6 Å². The Balaban J connectivity index is 1.47. The second-order valence-corrected chi connectivity index (χ2v) is 11.1. The van der Waals surface area contributed by atoms with Gasteiger partial charge in [0.1, 0.15) is 11.4 Å². The third kappa shape index (κ3) is 7.21. The number of nitrogens with zero attached hydrogens (tertiary/aromatic N) is 4. The summed E-state index contributed by atoms with van der Waals surface area (Å²) in [6.45, 7) is 5.58. The molecule has 1 saturated carbocycles. The van der Waals surface area contributed by atoms with Crippen LogP contribution < -0.4 is 16.0 Å². The number of amides is 2. The highest BCUT2D eigenvalue weighted by Crippen LogP contribution is 2.37. The molecule has 9 nitrogen and oxygen atoms in total. The fourth-order valence-electron chi connectivity index (χ4n) is 5.35. The number of anilines is 3. The van der Waals surface area contributed by atoms with Gasteiger partial charge in [-0.25, -0.2) is 4.98 Å². The van der Waals surface area contributed by atoms with Gasteiger partial charge in [-0.05, 0) is 83.9 Å². The van der Waals surface area contributed by atoms with Crippen molar-refractivity contribution in [2.24, 2.45) is 5.92 Å². The van der Waals surface area contributed by atoms with Crippen LogP contribution in [-0.4, -0.2) is 76.9 Å². The Kier molecular flexibility index (Phi) is 9.17. The lowest BCUT2D eigenvalue weighted by atomic mass is 10.0. The molecule has 2 atom stereocenters. The number of aromatic nitrogens is 2. The van der Waals surface area contributed by atoms with Gasteiger partial charge < -0.3 is 25.8 Å². The molecule has 1 saturated heterocycles. The molecule has 2 fully saturated rings. The third-order valence-electron chi connectivity index (χ3n) is 7.64. The molecule has 2 aromatic rings. The molecular weight excluding hydrogens is 523 g/mol. The van der Waals surface area contributed by atoms with E-state index >= 15 is 0 Å². The lowest BCUT2D eigenvalue weighted by molar-refractivity contribution is -0.137. The molecule has 4 rings (SSSR count). The molecule has 2 aliphatic rings. The minimum atomic E-state index is -4.67. The van der Waals surface area contributed by atoms with Gasteiger partial charge >= 0.3 is 6.18 Å². The standard InChI is InChI=1S/C28H38F3N7O2/c1-17(2)33-25(39)21-6-5-7-23(21)35-24-22(28(29,30)31)16-32-27(36-24)34-19-10-8-18(9-11-19)26(40)38(4)20-12-14-37(3)15-13-20/h8-11,16-17,20-21,23H,5-7,12-15H2,1-4H3,(H,33,39)(H2,32,34,35,36). The summed E-state index contributed by atoms with van der Waals surface area (Å²) in [5.74, 6) is -1.11. The highest BCUT2D eigenvalue weighted by Gasteiger charge is 2.39. The summed E-state index contributed by atoms with van der Waals surface area (Å²) in [6, 6.07) is 6.34. The molecule has 2 amide bonds. The molecule has 12 heteroatoms. The third-order valence-corrected chi connectivity index (χ3v) is 7.64. The van der Waals surface area contributed by atoms with Crippen molar-refractivity contribution < 1.29 is 22.8 Å². The number of halogens is 3. The van der Waals surface area contributed by atoms with Crippen molar-refractivity contribution in [3.8, 4) is 0 Å². The van der Waals surface area contributed by atoms with Gasteiger partial charge in [0.25, 0.3) is 5.91 Å². The first-order valence-corrected chi connectivity index (χ1v) is 13.8. The molecule has 3 N–H and O–H groups in total. The number of rotatable bonds is 8. The molecule has 40 heavy (non-hydrogen) atoms. The van der Waals surface area contributed by atoms with Crippen LogP contribution in [0.15, 0.2) is 30.5 Å². The molecule has 1 aliphatic heterocycles. The van der Waals surface area contributed by atoms with E-state index in [-0.39, 0.29) is 35.7 Å². The number of hydrogen-bond acceptors (Lipinski definition) is 7. The molecule has 2 unspecified atom stereocenters. The van der Waals surface area contributed by atoms with Crippen molar-refractivity contribution in [2.45, 2.75) is 70.3 Å². The van der Waals surface area contributed by atoms with Crippen LogP contribution in [0, 0.1) is 5.92 Å². The van der Waals surface area contributed by atoms with Gasteiger partial charge in [-0.1, -0.05) is 6.42 Å². The van der Waals surface area contributed by atoms with Crippen molar-refractivity contribution in [1.82, 2.24) is 25.1 Å². The summed E-state index contributed by atoms with van der Waals surface area (Å²) in [6.07, 6.45) is -0.216. The first kappa shape index (κ1) is 29.6. The zero-order valence-electron chi connectivity index (χ0n) is 23.4. The highest BCUT2D eigenvalue weighted by atomic mass is 19.4. The number of piperidine rings is 1. The molecule has 0 spiro atoms. The molecular formula is C28H38F3N7O2. The van der Waals surface area contributed by atoms with E-state index in [0.29, 0.717) is 24.1 Å². The topological polar surface area (TPSA) is 102 Å². The van der Waals surface area contributed by atoms with Crippen LogP contribution in [0.1, 0.15) is 61.9 Å². The summed E-state index contributed by atoms with van der Waals surface area (Å²) >= 11 is 0. The number of carbonyl (C=O) groups is 2. The van der Waals surface area contributed by atoms with Crippen LogP contribution >= 0.6 is 0 Å². The van der Waals surface area contributed by atoms with Gasteiger partial charge in [0.2, 0.25) is 11.9 Å². The van der Waals surface area contributed by atoms with Crippen LogP contribution in [0.3, 0.4) is 0 Å². The van der Waals surface area contributed by atoms with Gasteiger partial charge in [-0.15, -0.1) is 0 Å². The summed E-state index contributed by atoms with van der Waals surface area (Å²) in [4.78, 5) is 37.7. The molecule has 218 valence electrons. The zero-order chi connectivity index (χ0) is 29.0. The average molecular weight is 562 g/mol. The Morgan fingerprint density at radius 1 is 1.07 bits per heavy atom. The number of alkyl halides is 3. The normalized spacial score (nSPS) is 20.4. The van der Waals surface area contributed by atoms with E-state index in [1.807, 2.05) is 20.9 Å². The van der Waals surface area contributed by atoms with Crippen molar-refractivity contribution in [3.63, 3.8) is 0 Å². The molecule has 0 bridgehead atoms. The summed E-state index contributed by atoms with van der Waals surface area (Å²) in [7, 11) is 3.89. The van der Waals surface area contributed by atoms with Gasteiger partial charge in [0.15, 0.2) is 0 Å². The van der Waals surface area contributed by atoms with Gasteiger partial charge in [0.05, 0.1) is 5.92 Å².